The average Bonchev–Trinajstić information content (AvgIpc) is 2.43. The molecule has 0 spiro atoms. The molecule has 6 heteroatoms. The molecule has 19 heavy (non-hydrogen) atoms. The Hall–Kier alpha value is -0.0400. The van der Waals surface area contributed by atoms with Crippen LogP contribution >= 0.6 is 63.7 Å². The minimum Gasteiger partial charge on any atom is -0.494 e. The van der Waals surface area contributed by atoms with Crippen LogP contribution in [0.2, 0.25) is 0 Å². The molecule has 0 aliphatic carbocycles. The number of rotatable bonds is 3. The van der Waals surface area contributed by atoms with E-state index in [1.54, 1.807) is 7.11 Å². The second-order valence-electron chi connectivity index (χ2n) is 3.53. The van der Waals surface area contributed by atoms with Gasteiger partial charge in [0.1, 0.15) is 11.5 Å². The first kappa shape index (κ1) is 15.4. The molecule has 0 aliphatic rings. The van der Waals surface area contributed by atoms with Crippen LogP contribution in [-0.2, 0) is 0 Å². The van der Waals surface area contributed by atoms with Gasteiger partial charge in [-0.3, -0.25) is 0 Å². The molecule has 0 aliphatic heterocycles. The number of ether oxygens (including phenoxy) is 2. The highest BCUT2D eigenvalue weighted by atomic mass is 79.9. The SMILES string of the molecule is COc1c(Br)c(Br)c(Oc2ccccc2)c(Br)c1Br. The van der Waals surface area contributed by atoms with Crippen molar-refractivity contribution in [1.29, 1.82) is 0 Å². The van der Waals surface area contributed by atoms with Gasteiger partial charge in [-0.05, 0) is 75.9 Å². The molecule has 2 rings (SSSR count). The summed E-state index contributed by atoms with van der Waals surface area (Å²) in [6.07, 6.45) is 0. The van der Waals surface area contributed by atoms with Gasteiger partial charge in [-0.25, -0.2) is 0 Å². The van der Waals surface area contributed by atoms with Gasteiger partial charge in [-0.1, -0.05) is 18.2 Å². The van der Waals surface area contributed by atoms with Gasteiger partial charge in [0.2, 0.25) is 0 Å². The molecule has 2 aromatic rings. The van der Waals surface area contributed by atoms with E-state index in [0.29, 0.717) is 11.5 Å². The number of benzene rings is 2. The summed E-state index contributed by atoms with van der Waals surface area (Å²) in [5.74, 6) is 2.12. The van der Waals surface area contributed by atoms with Crippen LogP contribution < -0.4 is 9.47 Å². The molecule has 0 fully saturated rings. The summed E-state index contributed by atoms with van der Waals surface area (Å²) in [6.45, 7) is 0. The van der Waals surface area contributed by atoms with E-state index in [9.17, 15) is 0 Å². The minimum absolute atomic E-state index is 0.672. The Bertz CT molecular complexity index is 570. The Morgan fingerprint density at radius 1 is 0.737 bits per heavy atom. The maximum absolute atomic E-state index is 5.89. The number of halogens is 4. The van der Waals surface area contributed by atoms with Crippen LogP contribution in [0.15, 0.2) is 48.2 Å². The Morgan fingerprint density at radius 3 is 1.68 bits per heavy atom. The van der Waals surface area contributed by atoms with E-state index in [2.05, 4.69) is 63.7 Å². The van der Waals surface area contributed by atoms with Crippen LogP contribution in [0.1, 0.15) is 0 Å². The zero-order chi connectivity index (χ0) is 14.0. The molecular weight excluding hydrogens is 508 g/mol. The second kappa shape index (κ2) is 6.61. The van der Waals surface area contributed by atoms with E-state index in [0.717, 1.165) is 23.6 Å². The molecule has 0 unspecified atom stereocenters. The van der Waals surface area contributed by atoms with Crippen LogP contribution in [0.25, 0.3) is 0 Å². The summed E-state index contributed by atoms with van der Waals surface area (Å²) < 4.78 is 14.4. The Balaban J connectivity index is 2.53. The molecule has 2 aromatic carbocycles. The van der Waals surface area contributed by atoms with Crippen molar-refractivity contribution in [2.45, 2.75) is 0 Å². The molecule has 0 aromatic heterocycles. The van der Waals surface area contributed by atoms with Gasteiger partial charge in [0.15, 0.2) is 5.75 Å². The third kappa shape index (κ3) is 3.17. The number of para-hydroxylation sites is 1. The highest BCUT2D eigenvalue weighted by Crippen LogP contribution is 2.51. The Kier molecular flexibility index (Phi) is 5.34. The van der Waals surface area contributed by atoms with Gasteiger partial charge in [0.25, 0.3) is 0 Å². The molecule has 0 atom stereocenters. The molecule has 0 heterocycles. The standard InChI is InChI=1S/C13H8Br4O2/c1-18-12-8(14)10(16)13(11(17)9(12)15)19-7-5-3-2-4-6-7/h2-6H,1H3. The lowest BCUT2D eigenvalue weighted by atomic mass is 10.3. The first-order valence-corrected chi connectivity index (χ1v) is 8.36. The highest BCUT2D eigenvalue weighted by molar-refractivity contribution is 9.14. The van der Waals surface area contributed by atoms with E-state index < -0.39 is 0 Å². The monoisotopic (exact) mass is 512 g/mol. The summed E-state index contributed by atoms with van der Waals surface area (Å²) in [4.78, 5) is 0. The molecule has 0 amide bonds. The summed E-state index contributed by atoms with van der Waals surface area (Å²) in [6, 6.07) is 9.57. The normalized spacial score (nSPS) is 10.4. The first-order chi connectivity index (χ1) is 9.06. The van der Waals surface area contributed by atoms with Gasteiger partial charge in [0, 0.05) is 0 Å². The van der Waals surface area contributed by atoms with Crippen LogP contribution in [0.4, 0.5) is 0 Å². The first-order valence-electron chi connectivity index (χ1n) is 5.19. The van der Waals surface area contributed by atoms with Gasteiger partial charge in [-0.15, -0.1) is 0 Å². The fraction of sp³-hybridized carbons (Fsp3) is 0.0769. The molecule has 100 valence electrons. The van der Waals surface area contributed by atoms with Crippen molar-refractivity contribution < 1.29 is 9.47 Å². The Labute approximate surface area is 145 Å². The lowest BCUT2D eigenvalue weighted by molar-refractivity contribution is 0.405. The van der Waals surface area contributed by atoms with Crippen molar-refractivity contribution >= 4 is 63.7 Å². The third-order valence-electron chi connectivity index (χ3n) is 2.35. The van der Waals surface area contributed by atoms with Crippen molar-refractivity contribution in [3.63, 3.8) is 0 Å². The largest absolute Gasteiger partial charge is 0.494 e. The third-order valence-corrected chi connectivity index (χ3v) is 6.44. The van der Waals surface area contributed by atoms with E-state index in [-0.39, 0.29) is 0 Å². The molecule has 2 nitrogen and oxygen atoms in total. The van der Waals surface area contributed by atoms with Crippen molar-refractivity contribution in [2.24, 2.45) is 0 Å². The Morgan fingerprint density at radius 2 is 1.21 bits per heavy atom. The molecular formula is C13H8Br4O2. The van der Waals surface area contributed by atoms with Gasteiger partial charge < -0.3 is 9.47 Å². The van der Waals surface area contributed by atoms with Crippen molar-refractivity contribution in [1.82, 2.24) is 0 Å². The molecule has 0 saturated heterocycles. The highest BCUT2D eigenvalue weighted by Gasteiger charge is 2.21. The summed E-state index contributed by atoms with van der Waals surface area (Å²) in [5.41, 5.74) is 0. The zero-order valence-corrected chi connectivity index (χ0v) is 16.1. The lowest BCUT2D eigenvalue weighted by Crippen LogP contribution is -1.93. The second-order valence-corrected chi connectivity index (χ2v) is 6.71. The maximum Gasteiger partial charge on any atom is 0.158 e. The van der Waals surface area contributed by atoms with Gasteiger partial charge in [0.05, 0.1) is 25.0 Å². The van der Waals surface area contributed by atoms with Crippen LogP contribution in [0.3, 0.4) is 0 Å². The predicted octanol–water partition coefficient (Wildman–Crippen LogP) is 6.54. The summed E-state index contributed by atoms with van der Waals surface area (Å²) in [7, 11) is 1.61. The number of hydrogen-bond acceptors (Lipinski definition) is 2. The fourth-order valence-corrected chi connectivity index (χ4v) is 4.00. The van der Waals surface area contributed by atoms with Crippen LogP contribution in [0, 0.1) is 0 Å². The molecule has 0 bridgehead atoms. The van der Waals surface area contributed by atoms with E-state index in [4.69, 9.17) is 9.47 Å². The smallest absolute Gasteiger partial charge is 0.158 e. The molecule has 0 N–H and O–H groups in total. The molecule has 0 saturated carbocycles. The maximum atomic E-state index is 5.89. The predicted molar refractivity (Wildman–Crippen MR) is 90.3 cm³/mol. The average molecular weight is 516 g/mol. The van der Waals surface area contributed by atoms with Gasteiger partial charge >= 0.3 is 0 Å². The number of hydrogen-bond donors (Lipinski definition) is 0. The quantitative estimate of drug-likeness (QED) is 0.432. The van der Waals surface area contributed by atoms with Gasteiger partial charge in [-0.2, -0.15) is 0 Å². The van der Waals surface area contributed by atoms with Crippen LogP contribution in [-0.4, -0.2) is 7.11 Å². The van der Waals surface area contributed by atoms with Crippen molar-refractivity contribution in [2.75, 3.05) is 7.11 Å². The zero-order valence-electron chi connectivity index (χ0n) is 9.72. The van der Waals surface area contributed by atoms with Crippen molar-refractivity contribution in [3.8, 4) is 17.2 Å². The summed E-state index contributed by atoms with van der Waals surface area (Å²) >= 11 is 14.0. The van der Waals surface area contributed by atoms with Crippen molar-refractivity contribution in [3.05, 3.63) is 48.2 Å². The fourth-order valence-electron chi connectivity index (χ4n) is 1.47. The molecule has 0 radical (unpaired) electrons. The summed E-state index contributed by atoms with van der Waals surface area (Å²) in [5, 5.41) is 0. The van der Waals surface area contributed by atoms with E-state index in [1.165, 1.54) is 0 Å². The lowest BCUT2D eigenvalue weighted by Gasteiger charge is -2.16. The van der Waals surface area contributed by atoms with E-state index in [1.807, 2.05) is 30.3 Å². The minimum atomic E-state index is 0.672. The van der Waals surface area contributed by atoms with E-state index >= 15 is 0 Å². The number of methoxy groups -OCH3 is 1. The van der Waals surface area contributed by atoms with Crippen LogP contribution in [0.5, 0.6) is 17.2 Å². The topological polar surface area (TPSA) is 18.5 Å².